The number of hydrogen-bond donors (Lipinski definition) is 1. The monoisotopic (exact) mass is 422 g/mol. The number of carbonyl (C=O) groups excluding carboxylic acids is 2. The Morgan fingerprint density at radius 2 is 2.03 bits per heavy atom. The molecule has 4 aliphatic rings. The van der Waals surface area contributed by atoms with E-state index >= 15 is 0 Å². The Balaban J connectivity index is 1.14. The van der Waals surface area contributed by atoms with Crippen molar-refractivity contribution in [3.05, 3.63) is 60.8 Å². The van der Waals surface area contributed by atoms with Gasteiger partial charge in [0.1, 0.15) is 5.60 Å². The first-order valence-electron chi connectivity index (χ1n) is 11.5. The van der Waals surface area contributed by atoms with Crippen LogP contribution >= 0.6 is 0 Å². The SMILES string of the molecule is C=C/C(=C\C=C/C)[C@H]1CC1C(=O)NCCC1[C@H]2CN(C(=O)OC3(C)C=CC=CC3)C[C@@H]12. The number of nitrogens with one attached hydrogen (secondary N) is 1. The molecule has 0 bridgehead atoms. The second kappa shape index (κ2) is 8.89. The van der Waals surface area contributed by atoms with Gasteiger partial charge in [-0.05, 0) is 62.0 Å². The highest BCUT2D eigenvalue weighted by Gasteiger charge is 2.56. The standard InChI is InChI=1S/C26H34N2O3/c1-4-6-10-18(5-2)20-15-21(20)24(29)27-14-11-19-22-16-28(17-23(19)22)25(30)31-26(3)12-8-7-9-13-26/h4-10,12,19-23H,2,11,13-17H2,1,3H3,(H,27,29)/b6-4-,18-10+/t19?,20-,21?,22-,23+,26?/m1/s1. The highest BCUT2D eigenvalue weighted by atomic mass is 16.6. The Bertz CT molecular complexity index is 843. The van der Waals surface area contributed by atoms with Crippen molar-refractivity contribution in [3.63, 3.8) is 0 Å². The summed E-state index contributed by atoms with van der Waals surface area (Å²) in [6.45, 7) is 10.1. The van der Waals surface area contributed by atoms with Crippen LogP contribution in [0, 0.1) is 29.6 Å². The topological polar surface area (TPSA) is 58.6 Å². The molecule has 3 unspecified atom stereocenters. The molecule has 2 saturated carbocycles. The normalized spacial score (nSPS) is 35.7. The van der Waals surface area contributed by atoms with Crippen LogP contribution in [0.15, 0.2) is 60.8 Å². The third kappa shape index (κ3) is 4.86. The highest BCUT2D eigenvalue weighted by molar-refractivity contribution is 5.82. The lowest BCUT2D eigenvalue weighted by atomic mass is 9.98. The smallest absolute Gasteiger partial charge is 0.410 e. The van der Waals surface area contributed by atoms with E-state index in [1.54, 1.807) is 0 Å². The van der Waals surface area contributed by atoms with E-state index in [-0.39, 0.29) is 17.9 Å². The van der Waals surface area contributed by atoms with Crippen LogP contribution in [-0.2, 0) is 9.53 Å². The average molecular weight is 423 g/mol. The van der Waals surface area contributed by atoms with Gasteiger partial charge < -0.3 is 15.0 Å². The number of rotatable bonds is 8. The fraction of sp³-hybridized carbons (Fsp3) is 0.538. The number of carbonyl (C=O) groups is 2. The second-order valence-corrected chi connectivity index (χ2v) is 9.49. The van der Waals surface area contributed by atoms with Crippen molar-refractivity contribution in [2.45, 2.75) is 38.7 Å². The van der Waals surface area contributed by atoms with Crippen LogP contribution in [0.2, 0.25) is 0 Å². The number of amides is 2. The lowest BCUT2D eigenvalue weighted by Crippen LogP contribution is -2.39. The molecule has 0 aromatic carbocycles. The zero-order valence-corrected chi connectivity index (χ0v) is 18.6. The van der Waals surface area contributed by atoms with Gasteiger partial charge in [0.05, 0.1) is 0 Å². The number of nitrogens with zero attached hydrogens (tertiary/aromatic N) is 1. The molecule has 0 radical (unpaired) electrons. The number of allylic oxidation sites excluding steroid dienone is 7. The molecule has 1 heterocycles. The van der Waals surface area contributed by atoms with Gasteiger partial charge in [-0.2, -0.15) is 0 Å². The minimum absolute atomic E-state index is 0.0866. The summed E-state index contributed by atoms with van der Waals surface area (Å²) in [6.07, 6.45) is 18.2. The molecule has 3 aliphatic carbocycles. The van der Waals surface area contributed by atoms with Gasteiger partial charge in [0.15, 0.2) is 0 Å². The third-order valence-electron chi connectivity index (χ3n) is 7.22. The Morgan fingerprint density at radius 3 is 2.68 bits per heavy atom. The molecule has 4 rings (SSSR count). The van der Waals surface area contributed by atoms with Crippen LogP contribution < -0.4 is 5.32 Å². The van der Waals surface area contributed by atoms with Gasteiger partial charge in [-0.1, -0.05) is 49.1 Å². The van der Waals surface area contributed by atoms with Crippen LogP contribution in [0.5, 0.6) is 0 Å². The van der Waals surface area contributed by atoms with Gasteiger partial charge in [0, 0.05) is 32.0 Å². The highest BCUT2D eigenvalue weighted by Crippen LogP contribution is 2.53. The molecule has 0 spiro atoms. The molecule has 6 atom stereocenters. The lowest BCUT2D eigenvalue weighted by molar-refractivity contribution is -0.122. The maximum absolute atomic E-state index is 12.5. The summed E-state index contributed by atoms with van der Waals surface area (Å²) in [6, 6.07) is 0. The van der Waals surface area contributed by atoms with E-state index in [1.165, 1.54) is 0 Å². The molecule has 1 aliphatic heterocycles. The summed E-state index contributed by atoms with van der Waals surface area (Å²) >= 11 is 0. The van der Waals surface area contributed by atoms with Crippen molar-refractivity contribution in [1.29, 1.82) is 0 Å². The van der Waals surface area contributed by atoms with E-state index < -0.39 is 5.60 Å². The molecule has 1 N–H and O–H groups in total. The number of piperidine rings is 1. The van der Waals surface area contributed by atoms with Crippen molar-refractivity contribution in [2.75, 3.05) is 19.6 Å². The lowest BCUT2D eigenvalue weighted by Gasteiger charge is -2.30. The predicted molar refractivity (Wildman–Crippen MR) is 122 cm³/mol. The summed E-state index contributed by atoms with van der Waals surface area (Å²) in [5, 5.41) is 3.13. The molecule has 1 saturated heterocycles. The number of ether oxygens (including phenoxy) is 1. The van der Waals surface area contributed by atoms with Crippen LogP contribution in [0.1, 0.15) is 33.1 Å². The van der Waals surface area contributed by atoms with E-state index in [1.807, 2.05) is 61.3 Å². The van der Waals surface area contributed by atoms with Crippen molar-refractivity contribution in [1.82, 2.24) is 10.2 Å². The average Bonchev–Trinajstić information content (AvgIpc) is 3.63. The Labute approximate surface area is 185 Å². The summed E-state index contributed by atoms with van der Waals surface area (Å²) in [5.41, 5.74) is 0.617. The molecule has 3 fully saturated rings. The van der Waals surface area contributed by atoms with Gasteiger partial charge in [0.2, 0.25) is 5.91 Å². The Hall–Kier alpha value is -2.56. The predicted octanol–water partition coefficient (Wildman–Crippen LogP) is 4.41. The molecule has 0 aromatic heterocycles. The molecule has 5 heteroatoms. The van der Waals surface area contributed by atoms with Crippen molar-refractivity contribution in [2.24, 2.45) is 29.6 Å². The number of hydrogen-bond acceptors (Lipinski definition) is 3. The zero-order chi connectivity index (χ0) is 22.0. The molecular weight excluding hydrogens is 388 g/mol. The largest absolute Gasteiger partial charge is 0.438 e. The minimum atomic E-state index is -0.531. The molecule has 5 nitrogen and oxygen atoms in total. The molecule has 2 amide bonds. The van der Waals surface area contributed by atoms with Crippen LogP contribution in [0.25, 0.3) is 0 Å². The summed E-state index contributed by atoms with van der Waals surface area (Å²) in [5.74, 6) is 2.30. The summed E-state index contributed by atoms with van der Waals surface area (Å²) in [4.78, 5) is 26.8. The van der Waals surface area contributed by atoms with Gasteiger partial charge in [-0.25, -0.2) is 4.79 Å². The second-order valence-electron chi connectivity index (χ2n) is 9.49. The van der Waals surface area contributed by atoms with Gasteiger partial charge in [0.25, 0.3) is 0 Å². The van der Waals surface area contributed by atoms with E-state index in [0.717, 1.165) is 44.5 Å². The Morgan fingerprint density at radius 1 is 1.26 bits per heavy atom. The zero-order valence-electron chi connectivity index (χ0n) is 18.6. The maximum Gasteiger partial charge on any atom is 0.410 e. The van der Waals surface area contributed by atoms with Gasteiger partial charge in [-0.3, -0.25) is 4.79 Å². The van der Waals surface area contributed by atoms with E-state index in [2.05, 4.69) is 18.0 Å². The van der Waals surface area contributed by atoms with Crippen LogP contribution in [0.4, 0.5) is 4.79 Å². The van der Waals surface area contributed by atoms with E-state index in [9.17, 15) is 9.59 Å². The Kier molecular flexibility index (Phi) is 6.22. The van der Waals surface area contributed by atoms with Gasteiger partial charge >= 0.3 is 6.09 Å². The first-order valence-corrected chi connectivity index (χ1v) is 11.5. The number of likely N-dealkylation sites (tertiary alicyclic amines) is 1. The molecule has 166 valence electrons. The third-order valence-corrected chi connectivity index (χ3v) is 7.22. The summed E-state index contributed by atoms with van der Waals surface area (Å²) < 4.78 is 5.75. The first kappa shape index (κ1) is 21.7. The first-order chi connectivity index (χ1) is 15.0. The molecule has 31 heavy (non-hydrogen) atoms. The maximum atomic E-state index is 12.5. The minimum Gasteiger partial charge on any atom is -0.438 e. The quantitative estimate of drug-likeness (QED) is 0.590. The van der Waals surface area contributed by atoms with Gasteiger partial charge in [-0.15, -0.1) is 0 Å². The van der Waals surface area contributed by atoms with E-state index in [0.29, 0.717) is 23.7 Å². The van der Waals surface area contributed by atoms with E-state index in [4.69, 9.17) is 4.74 Å². The van der Waals surface area contributed by atoms with Crippen LogP contribution in [0.3, 0.4) is 0 Å². The number of fused-ring (bicyclic) bond motifs is 1. The fourth-order valence-corrected chi connectivity index (χ4v) is 5.17. The van der Waals surface area contributed by atoms with Crippen molar-refractivity contribution < 1.29 is 14.3 Å². The molecular formula is C26H34N2O3. The van der Waals surface area contributed by atoms with Crippen molar-refractivity contribution in [3.8, 4) is 0 Å². The van der Waals surface area contributed by atoms with Crippen molar-refractivity contribution >= 4 is 12.0 Å². The van der Waals surface area contributed by atoms with Crippen LogP contribution in [-0.4, -0.2) is 42.1 Å². The fourth-order valence-electron chi connectivity index (χ4n) is 5.17. The summed E-state index contributed by atoms with van der Waals surface area (Å²) in [7, 11) is 0. The molecule has 0 aromatic rings.